The van der Waals surface area contributed by atoms with Crippen molar-refractivity contribution in [1.82, 2.24) is 0 Å². The number of carboxylic acid groups (broad SMARTS) is 1. The molecule has 1 aliphatic rings. The van der Waals surface area contributed by atoms with Crippen LogP contribution in [0.4, 0.5) is 0 Å². The summed E-state index contributed by atoms with van der Waals surface area (Å²) in [5.74, 6) is -0.501. The second-order valence-electron chi connectivity index (χ2n) is 4.13. The SMILES string of the molecule is Cc1cc2c(cc1Br)C(CC(=O)O)CC2. The first kappa shape index (κ1) is 10.7. The van der Waals surface area contributed by atoms with Crippen LogP contribution < -0.4 is 0 Å². The standard InChI is InChI=1S/C12H13BrO2/c1-7-4-8-2-3-9(5-12(14)15)10(8)6-11(7)13/h4,6,9H,2-3,5H2,1H3,(H,14,15). The third-order valence-electron chi connectivity index (χ3n) is 3.04. The molecule has 1 aromatic rings. The predicted molar refractivity (Wildman–Crippen MR) is 62.2 cm³/mol. The van der Waals surface area contributed by atoms with Crippen LogP contribution in [0.1, 0.15) is 35.4 Å². The molecule has 1 aromatic carbocycles. The van der Waals surface area contributed by atoms with Gasteiger partial charge >= 0.3 is 5.97 Å². The Labute approximate surface area is 97.4 Å². The average molecular weight is 269 g/mol. The first-order chi connectivity index (χ1) is 7.08. The van der Waals surface area contributed by atoms with Gasteiger partial charge in [-0.25, -0.2) is 0 Å². The Morgan fingerprint density at radius 1 is 1.60 bits per heavy atom. The summed E-state index contributed by atoms with van der Waals surface area (Å²) in [6, 6.07) is 4.26. The van der Waals surface area contributed by atoms with E-state index in [0.717, 1.165) is 17.3 Å². The van der Waals surface area contributed by atoms with Crippen molar-refractivity contribution in [2.24, 2.45) is 0 Å². The van der Waals surface area contributed by atoms with Gasteiger partial charge in [0, 0.05) is 4.47 Å². The fourth-order valence-electron chi connectivity index (χ4n) is 2.26. The zero-order valence-electron chi connectivity index (χ0n) is 8.59. The van der Waals surface area contributed by atoms with Gasteiger partial charge in [0.05, 0.1) is 6.42 Å². The molecule has 0 spiro atoms. The van der Waals surface area contributed by atoms with Crippen molar-refractivity contribution in [1.29, 1.82) is 0 Å². The van der Waals surface area contributed by atoms with Crippen LogP contribution in [0.5, 0.6) is 0 Å². The van der Waals surface area contributed by atoms with E-state index in [-0.39, 0.29) is 12.3 Å². The smallest absolute Gasteiger partial charge is 0.303 e. The van der Waals surface area contributed by atoms with E-state index in [1.165, 1.54) is 16.7 Å². The van der Waals surface area contributed by atoms with E-state index in [9.17, 15) is 4.79 Å². The normalized spacial score (nSPS) is 18.9. The van der Waals surface area contributed by atoms with Crippen molar-refractivity contribution in [3.8, 4) is 0 Å². The van der Waals surface area contributed by atoms with Crippen LogP contribution in [-0.2, 0) is 11.2 Å². The summed E-state index contributed by atoms with van der Waals surface area (Å²) < 4.78 is 1.08. The van der Waals surface area contributed by atoms with Gasteiger partial charge < -0.3 is 5.11 Å². The minimum absolute atomic E-state index is 0.203. The molecule has 0 saturated carbocycles. The fraction of sp³-hybridized carbons (Fsp3) is 0.417. The average Bonchev–Trinajstić information content (AvgIpc) is 2.49. The number of benzene rings is 1. The number of aliphatic carboxylic acids is 1. The van der Waals surface area contributed by atoms with Crippen molar-refractivity contribution in [2.75, 3.05) is 0 Å². The van der Waals surface area contributed by atoms with E-state index in [1.807, 2.05) is 0 Å². The van der Waals surface area contributed by atoms with Gasteiger partial charge in [-0.2, -0.15) is 0 Å². The number of hydrogen-bond donors (Lipinski definition) is 1. The number of fused-ring (bicyclic) bond motifs is 1. The maximum atomic E-state index is 10.7. The van der Waals surface area contributed by atoms with E-state index < -0.39 is 5.97 Å². The highest BCUT2D eigenvalue weighted by molar-refractivity contribution is 9.10. The Balaban J connectivity index is 2.34. The molecule has 0 aromatic heterocycles. The minimum Gasteiger partial charge on any atom is -0.481 e. The number of hydrogen-bond acceptors (Lipinski definition) is 1. The summed E-state index contributed by atoms with van der Waals surface area (Å²) in [5.41, 5.74) is 3.77. The highest BCUT2D eigenvalue weighted by Gasteiger charge is 2.25. The highest BCUT2D eigenvalue weighted by atomic mass is 79.9. The summed E-state index contributed by atoms with van der Waals surface area (Å²) in [6.45, 7) is 2.06. The Bertz CT molecular complexity index is 412. The molecule has 0 aliphatic heterocycles. The van der Waals surface area contributed by atoms with Crippen molar-refractivity contribution in [2.45, 2.75) is 32.1 Å². The monoisotopic (exact) mass is 268 g/mol. The Hall–Kier alpha value is -0.830. The number of carbonyl (C=O) groups is 1. The maximum Gasteiger partial charge on any atom is 0.303 e. The molecular weight excluding hydrogens is 256 g/mol. The van der Waals surface area contributed by atoms with Gasteiger partial charge in [0.25, 0.3) is 0 Å². The number of aryl methyl sites for hydroxylation is 2. The first-order valence-electron chi connectivity index (χ1n) is 5.08. The van der Waals surface area contributed by atoms with Crippen molar-refractivity contribution >= 4 is 21.9 Å². The summed E-state index contributed by atoms with van der Waals surface area (Å²) in [7, 11) is 0. The van der Waals surface area contributed by atoms with E-state index in [2.05, 4.69) is 35.0 Å². The summed E-state index contributed by atoms with van der Waals surface area (Å²) in [5, 5.41) is 8.81. The molecule has 0 amide bonds. The lowest BCUT2D eigenvalue weighted by Crippen LogP contribution is -2.03. The van der Waals surface area contributed by atoms with Crippen molar-refractivity contribution in [3.63, 3.8) is 0 Å². The fourth-order valence-corrected chi connectivity index (χ4v) is 2.62. The zero-order chi connectivity index (χ0) is 11.0. The molecule has 0 saturated heterocycles. The van der Waals surface area contributed by atoms with Gasteiger partial charge in [0.1, 0.15) is 0 Å². The van der Waals surface area contributed by atoms with Crippen LogP contribution >= 0.6 is 15.9 Å². The van der Waals surface area contributed by atoms with Crippen LogP contribution in [-0.4, -0.2) is 11.1 Å². The van der Waals surface area contributed by atoms with Crippen molar-refractivity contribution < 1.29 is 9.90 Å². The van der Waals surface area contributed by atoms with Gasteiger partial charge in [-0.05, 0) is 48.4 Å². The predicted octanol–water partition coefficient (Wildman–Crippen LogP) is 3.26. The molecule has 1 N–H and O–H groups in total. The zero-order valence-corrected chi connectivity index (χ0v) is 10.2. The van der Waals surface area contributed by atoms with Crippen LogP contribution in [0.25, 0.3) is 0 Å². The largest absolute Gasteiger partial charge is 0.481 e. The first-order valence-corrected chi connectivity index (χ1v) is 5.88. The van der Waals surface area contributed by atoms with Gasteiger partial charge in [-0.3, -0.25) is 4.79 Å². The Kier molecular flexibility index (Phi) is 2.83. The third kappa shape index (κ3) is 2.07. The molecule has 0 bridgehead atoms. The third-order valence-corrected chi connectivity index (χ3v) is 3.90. The lowest BCUT2D eigenvalue weighted by molar-refractivity contribution is -0.137. The van der Waals surface area contributed by atoms with Gasteiger partial charge in [0.15, 0.2) is 0 Å². The lowest BCUT2D eigenvalue weighted by atomic mass is 9.97. The van der Waals surface area contributed by atoms with Crippen LogP contribution in [0.2, 0.25) is 0 Å². The summed E-state index contributed by atoms with van der Waals surface area (Å²) in [4.78, 5) is 10.7. The second-order valence-corrected chi connectivity index (χ2v) is 4.99. The summed E-state index contributed by atoms with van der Waals surface area (Å²) >= 11 is 3.50. The molecule has 0 heterocycles. The lowest BCUT2D eigenvalue weighted by Gasteiger charge is -2.10. The van der Waals surface area contributed by atoms with E-state index >= 15 is 0 Å². The van der Waals surface area contributed by atoms with Crippen LogP contribution in [0.3, 0.4) is 0 Å². The van der Waals surface area contributed by atoms with E-state index in [4.69, 9.17) is 5.11 Å². The molecule has 15 heavy (non-hydrogen) atoms. The second kappa shape index (κ2) is 3.97. The molecule has 0 fully saturated rings. The van der Waals surface area contributed by atoms with Crippen LogP contribution in [0, 0.1) is 6.92 Å². The van der Waals surface area contributed by atoms with Crippen LogP contribution in [0.15, 0.2) is 16.6 Å². The highest BCUT2D eigenvalue weighted by Crippen LogP contribution is 2.38. The molecule has 3 heteroatoms. The topological polar surface area (TPSA) is 37.3 Å². The quantitative estimate of drug-likeness (QED) is 0.894. The van der Waals surface area contributed by atoms with Gasteiger partial charge in [0.2, 0.25) is 0 Å². The van der Waals surface area contributed by atoms with Gasteiger partial charge in [-0.1, -0.05) is 22.0 Å². The minimum atomic E-state index is -0.704. The molecule has 1 aliphatic carbocycles. The molecular formula is C12H13BrO2. The number of carboxylic acids is 1. The summed E-state index contributed by atoms with van der Waals surface area (Å²) in [6.07, 6.45) is 2.24. The molecule has 2 nitrogen and oxygen atoms in total. The van der Waals surface area contributed by atoms with E-state index in [0.29, 0.717) is 0 Å². The molecule has 0 radical (unpaired) electrons. The maximum absolute atomic E-state index is 10.7. The molecule has 1 unspecified atom stereocenters. The Morgan fingerprint density at radius 3 is 3.00 bits per heavy atom. The molecule has 80 valence electrons. The number of rotatable bonds is 2. The van der Waals surface area contributed by atoms with E-state index in [1.54, 1.807) is 0 Å². The molecule has 2 rings (SSSR count). The van der Waals surface area contributed by atoms with Gasteiger partial charge in [-0.15, -0.1) is 0 Å². The van der Waals surface area contributed by atoms with Crippen molar-refractivity contribution in [3.05, 3.63) is 33.3 Å². The molecule has 1 atom stereocenters. The Morgan fingerprint density at radius 2 is 2.33 bits per heavy atom. The number of halogens is 1.